The van der Waals surface area contributed by atoms with Gasteiger partial charge in [0.05, 0.1) is 0 Å². The SMILES string of the molecule is CC(=O)OC1C=C2C(C)CCCC2(C)CC1. The van der Waals surface area contributed by atoms with Crippen molar-refractivity contribution in [2.75, 3.05) is 0 Å². The van der Waals surface area contributed by atoms with Crippen molar-refractivity contribution in [1.29, 1.82) is 0 Å². The molecule has 0 N–H and O–H groups in total. The summed E-state index contributed by atoms with van der Waals surface area (Å²) in [6.45, 7) is 6.18. The van der Waals surface area contributed by atoms with Crippen molar-refractivity contribution in [2.45, 2.75) is 59.0 Å². The van der Waals surface area contributed by atoms with Crippen molar-refractivity contribution >= 4 is 5.97 Å². The van der Waals surface area contributed by atoms with Crippen LogP contribution in [0.1, 0.15) is 52.9 Å². The molecule has 0 aliphatic heterocycles. The van der Waals surface area contributed by atoms with Gasteiger partial charge in [0.15, 0.2) is 0 Å². The van der Waals surface area contributed by atoms with E-state index in [2.05, 4.69) is 19.9 Å². The van der Waals surface area contributed by atoms with Gasteiger partial charge in [-0.05, 0) is 43.1 Å². The van der Waals surface area contributed by atoms with Crippen LogP contribution in [0.15, 0.2) is 11.6 Å². The van der Waals surface area contributed by atoms with E-state index in [1.165, 1.54) is 38.2 Å². The number of rotatable bonds is 1. The summed E-state index contributed by atoms with van der Waals surface area (Å²) in [7, 11) is 0. The Morgan fingerprint density at radius 1 is 1.44 bits per heavy atom. The van der Waals surface area contributed by atoms with E-state index >= 15 is 0 Å². The highest BCUT2D eigenvalue weighted by molar-refractivity contribution is 5.66. The van der Waals surface area contributed by atoms with Crippen LogP contribution < -0.4 is 0 Å². The van der Waals surface area contributed by atoms with Gasteiger partial charge in [-0.25, -0.2) is 0 Å². The lowest BCUT2D eigenvalue weighted by Gasteiger charge is -2.44. The molecule has 0 saturated heterocycles. The van der Waals surface area contributed by atoms with Crippen molar-refractivity contribution in [3.8, 4) is 0 Å². The van der Waals surface area contributed by atoms with E-state index < -0.39 is 0 Å². The van der Waals surface area contributed by atoms with Crippen LogP contribution in [0.3, 0.4) is 0 Å². The largest absolute Gasteiger partial charge is 0.458 e. The first-order valence-corrected chi connectivity index (χ1v) is 6.41. The maximum Gasteiger partial charge on any atom is 0.303 e. The second-order valence-corrected chi connectivity index (χ2v) is 5.66. The van der Waals surface area contributed by atoms with Gasteiger partial charge in [0.25, 0.3) is 0 Å². The molecule has 90 valence electrons. The average molecular weight is 222 g/mol. The Hall–Kier alpha value is -0.790. The standard InChI is InChI=1S/C14H22O2/c1-10-5-4-7-14(3)8-6-12(9-13(10)14)16-11(2)15/h9-10,12H,4-8H2,1-3H3. The molecule has 16 heavy (non-hydrogen) atoms. The molecule has 0 bridgehead atoms. The zero-order valence-corrected chi connectivity index (χ0v) is 10.6. The molecule has 2 nitrogen and oxygen atoms in total. The van der Waals surface area contributed by atoms with Crippen LogP contribution in [0.25, 0.3) is 0 Å². The lowest BCUT2D eigenvalue weighted by molar-refractivity contribution is -0.145. The molecule has 3 atom stereocenters. The Morgan fingerprint density at radius 2 is 2.19 bits per heavy atom. The van der Waals surface area contributed by atoms with Crippen molar-refractivity contribution in [3.63, 3.8) is 0 Å². The maximum absolute atomic E-state index is 11.0. The lowest BCUT2D eigenvalue weighted by Crippen LogP contribution is -2.34. The molecule has 2 aliphatic carbocycles. The number of fused-ring (bicyclic) bond motifs is 1. The topological polar surface area (TPSA) is 26.3 Å². The van der Waals surface area contributed by atoms with Gasteiger partial charge in [-0.3, -0.25) is 4.79 Å². The first-order chi connectivity index (χ1) is 7.51. The van der Waals surface area contributed by atoms with Crippen LogP contribution in [0.2, 0.25) is 0 Å². The van der Waals surface area contributed by atoms with E-state index in [1.807, 2.05) is 0 Å². The third-order valence-electron chi connectivity index (χ3n) is 4.26. The zero-order chi connectivity index (χ0) is 11.8. The first-order valence-electron chi connectivity index (χ1n) is 6.41. The molecule has 1 fully saturated rings. The third-order valence-corrected chi connectivity index (χ3v) is 4.26. The number of ether oxygens (including phenoxy) is 1. The van der Waals surface area contributed by atoms with E-state index in [1.54, 1.807) is 0 Å². The Labute approximate surface area is 98.1 Å². The van der Waals surface area contributed by atoms with Crippen LogP contribution in [-0.2, 0) is 9.53 Å². The molecule has 0 aromatic heterocycles. The van der Waals surface area contributed by atoms with Gasteiger partial charge in [0.1, 0.15) is 6.10 Å². The number of allylic oxidation sites excluding steroid dienone is 1. The normalized spacial score (nSPS) is 38.6. The molecule has 1 saturated carbocycles. The second-order valence-electron chi connectivity index (χ2n) is 5.66. The minimum Gasteiger partial charge on any atom is -0.458 e. The molecule has 3 unspecified atom stereocenters. The van der Waals surface area contributed by atoms with E-state index in [-0.39, 0.29) is 12.1 Å². The summed E-state index contributed by atoms with van der Waals surface area (Å²) in [5.41, 5.74) is 1.92. The Kier molecular flexibility index (Phi) is 3.09. The van der Waals surface area contributed by atoms with Crippen LogP contribution in [0.4, 0.5) is 0 Å². The zero-order valence-electron chi connectivity index (χ0n) is 10.6. The quantitative estimate of drug-likeness (QED) is 0.501. The minimum absolute atomic E-state index is 0.0288. The highest BCUT2D eigenvalue weighted by atomic mass is 16.5. The summed E-state index contributed by atoms with van der Waals surface area (Å²) in [6.07, 6.45) is 8.35. The molecule has 2 rings (SSSR count). The van der Waals surface area contributed by atoms with E-state index in [9.17, 15) is 4.79 Å². The van der Waals surface area contributed by atoms with Crippen molar-refractivity contribution in [1.82, 2.24) is 0 Å². The van der Waals surface area contributed by atoms with Crippen LogP contribution in [-0.4, -0.2) is 12.1 Å². The Bertz CT molecular complexity index is 319. The Morgan fingerprint density at radius 3 is 2.88 bits per heavy atom. The predicted octanol–water partition coefficient (Wildman–Crippen LogP) is 3.46. The molecule has 0 heterocycles. The molecular weight excluding hydrogens is 200 g/mol. The number of esters is 1. The minimum atomic E-state index is -0.158. The van der Waals surface area contributed by atoms with Crippen LogP contribution >= 0.6 is 0 Å². The predicted molar refractivity (Wildman–Crippen MR) is 64.0 cm³/mol. The molecule has 0 radical (unpaired) electrons. The van der Waals surface area contributed by atoms with Crippen molar-refractivity contribution in [3.05, 3.63) is 11.6 Å². The van der Waals surface area contributed by atoms with Gasteiger partial charge >= 0.3 is 5.97 Å². The smallest absolute Gasteiger partial charge is 0.303 e. The van der Waals surface area contributed by atoms with E-state index in [0.717, 1.165) is 6.42 Å². The van der Waals surface area contributed by atoms with Crippen LogP contribution in [0.5, 0.6) is 0 Å². The summed E-state index contributed by atoms with van der Waals surface area (Å²) in [5, 5.41) is 0. The molecule has 0 amide bonds. The van der Waals surface area contributed by atoms with Gasteiger partial charge in [-0.2, -0.15) is 0 Å². The molecule has 2 aliphatic rings. The molecule has 2 heteroatoms. The second kappa shape index (κ2) is 4.23. The number of hydrogen-bond acceptors (Lipinski definition) is 2. The highest BCUT2D eigenvalue weighted by Crippen LogP contribution is 2.49. The molecule has 0 spiro atoms. The lowest BCUT2D eigenvalue weighted by atomic mass is 9.62. The molecule has 0 aromatic rings. The van der Waals surface area contributed by atoms with E-state index in [0.29, 0.717) is 11.3 Å². The summed E-state index contributed by atoms with van der Waals surface area (Å²) < 4.78 is 5.32. The Balaban J connectivity index is 2.18. The van der Waals surface area contributed by atoms with Gasteiger partial charge in [-0.15, -0.1) is 0 Å². The molecule has 0 aromatic carbocycles. The summed E-state index contributed by atoms with van der Waals surface area (Å²) >= 11 is 0. The number of hydrogen-bond donors (Lipinski definition) is 0. The summed E-state index contributed by atoms with van der Waals surface area (Å²) in [4.78, 5) is 11.0. The maximum atomic E-state index is 11.0. The van der Waals surface area contributed by atoms with Gasteiger partial charge < -0.3 is 4.74 Å². The number of carbonyl (C=O) groups excluding carboxylic acids is 1. The first kappa shape index (κ1) is 11.7. The van der Waals surface area contributed by atoms with Crippen molar-refractivity contribution in [2.24, 2.45) is 11.3 Å². The third kappa shape index (κ3) is 2.16. The highest BCUT2D eigenvalue weighted by Gasteiger charge is 2.39. The summed E-state index contributed by atoms with van der Waals surface area (Å²) in [5.74, 6) is 0.506. The fraction of sp³-hybridized carbons (Fsp3) is 0.786. The van der Waals surface area contributed by atoms with Gasteiger partial charge in [0, 0.05) is 6.92 Å². The molecular formula is C14H22O2. The van der Waals surface area contributed by atoms with Gasteiger partial charge in [-0.1, -0.05) is 25.8 Å². The summed E-state index contributed by atoms with van der Waals surface area (Å²) in [6, 6.07) is 0. The van der Waals surface area contributed by atoms with Crippen LogP contribution in [0, 0.1) is 11.3 Å². The van der Waals surface area contributed by atoms with Gasteiger partial charge in [0.2, 0.25) is 0 Å². The monoisotopic (exact) mass is 222 g/mol. The number of carbonyl (C=O) groups is 1. The average Bonchev–Trinajstić information content (AvgIpc) is 2.19. The van der Waals surface area contributed by atoms with E-state index in [4.69, 9.17) is 4.74 Å². The fourth-order valence-electron chi connectivity index (χ4n) is 3.38. The van der Waals surface area contributed by atoms with Crippen molar-refractivity contribution < 1.29 is 9.53 Å². The fourth-order valence-corrected chi connectivity index (χ4v) is 3.38.